The topological polar surface area (TPSA) is 140 Å². The summed E-state index contributed by atoms with van der Waals surface area (Å²) in [6.45, 7) is 6.69. The number of allylic oxidation sites excluding steroid dienone is 1. The molecular formula is C54H88N8O3Zn. The van der Waals surface area contributed by atoms with Crippen LogP contribution >= 0.6 is 0 Å². The summed E-state index contributed by atoms with van der Waals surface area (Å²) in [5.41, 5.74) is 1.82. The van der Waals surface area contributed by atoms with Crippen molar-refractivity contribution >= 4 is 11.8 Å². The number of ketones is 1. The van der Waals surface area contributed by atoms with Gasteiger partial charge in [-0.2, -0.15) is 0 Å². The molecule has 0 spiro atoms. The molecule has 14 atom stereocenters. The molecule has 364 valence electrons. The van der Waals surface area contributed by atoms with Crippen LogP contribution in [-0.4, -0.2) is 67.2 Å². The molecule has 5 aliphatic heterocycles. The smallest absolute Gasteiger partial charge is 0.305 e. The van der Waals surface area contributed by atoms with Crippen molar-refractivity contribution < 1.29 is 33.8 Å². The third-order valence-corrected chi connectivity index (χ3v) is 22.2. The van der Waals surface area contributed by atoms with E-state index in [2.05, 4.69) is 56.4 Å². The zero-order chi connectivity index (χ0) is 44.0. The second-order valence-corrected chi connectivity index (χ2v) is 25.0. The summed E-state index contributed by atoms with van der Waals surface area (Å²) in [5.74, 6) is 8.38. The molecule has 5 saturated heterocycles. The number of esters is 1. The van der Waals surface area contributed by atoms with Crippen LogP contribution in [0.15, 0.2) is 11.6 Å². The van der Waals surface area contributed by atoms with Gasteiger partial charge in [-0.15, -0.1) is 0 Å². The zero-order valence-corrected chi connectivity index (χ0v) is 44.2. The van der Waals surface area contributed by atoms with Crippen LogP contribution in [0, 0.1) is 75.9 Å². The predicted octanol–water partition coefficient (Wildman–Crippen LogP) is 7.44. The van der Waals surface area contributed by atoms with E-state index in [9.17, 15) is 9.59 Å². The first kappa shape index (κ1) is 47.5. The van der Waals surface area contributed by atoms with Crippen molar-refractivity contribution in [2.75, 3.05) is 0 Å². The quantitative estimate of drug-likeness (QED) is 0.104. The Bertz CT molecular complexity index is 1600. The molecular weight excluding hydrogens is 874 g/mol. The number of hydrogen-bond acceptors (Lipinski definition) is 11. The summed E-state index contributed by atoms with van der Waals surface area (Å²) in [4.78, 5) is 23.8. The molecule has 66 heavy (non-hydrogen) atoms. The van der Waals surface area contributed by atoms with E-state index < -0.39 is 0 Å². The van der Waals surface area contributed by atoms with E-state index in [1.54, 1.807) is 0 Å². The van der Waals surface area contributed by atoms with E-state index in [0.717, 1.165) is 85.4 Å². The molecule has 0 aromatic heterocycles. The molecule has 13 rings (SSSR count). The first-order valence-corrected chi connectivity index (χ1v) is 28.2. The Morgan fingerprint density at radius 1 is 0.500 bits per heavy atom. The Labute approximate surface area is 410 Å². The minimum atomic E-state index is -0.0411. The van der Waals surface area contributed by atoms with Gasteiger partial charge in [0.2, 0.25) is 0 Å². The Morgan fingerprint density at radius 3 is 1.24 bits per heavy atom. The van der Waals surface area contributed by atoms with Crippen LogP contribution < -0.4 is 42.5 Å². The van der Waals surface area contributed by atoms with E-state index in [4.69, 9.17) is 4.74 Å². The van der Waals surface area contributed by atoms with Crippen molar-refractivity contribution in [2.45, 2.75) is 237 Å². The number of hydrogen-bond donors (Lipinski definition) is 8. The van der Waals surface area contributed by atoms with E-state index in [0.29, 0.717) is 73.4 Å². The van der Waals surface area contributed by atoms with Crippen molar-refractivity contribution in [1.82, 2.24) is 42.5 Å². The van der Waals surface area contributed by atoms with Crippen molar-refractivity contribution in [3.63, 3.8) is 0 Å². The average Bonchev–Trinajstić information content (AvgIpc) is 4.13. The van der Waals surface area contributed by atoms with E-state index >= 15 is 0 Å². The summed E-state index contributed by atoms with van der Waals surface area (Å²) in [6, 6.07) is 0. The summed E-state index contributed by atoms with van der Waals surface area (Å²) in [5, 5.41) is 33.8. The average molecular weight is 963 g/mol. The number of carbonyl (C=O) groups excluding carboxylic acids is 2. The van der Waals surface area contributed by atoms with Gasteiger partial charge in [0.1, 0.15) is 6.10 Å². The Morgan fingerprint density at radius 2 is 0.879 bits per heavy atom. The van der Waals surface area contributed by atoms with Crippen LogP contribution in [0.4, 0.5) is 0 Å². The van der Waals surface area contributed by atoms with Gasteiger partial charge in [0.05, 0.1) is 49.3 Å². The summed E-state index contributed by atoms with van der Waals surface area (Å²) >= 11 is 0. The van der Waals surface area contributed by atoms with Gasteiger partial charge in [0.25, 0.3) is 0 Å². The van der Waals surface area contributed by atoms with Crippen molar-refractivity contribution in [3.8, 4) is 0 Å². The van der Waals surface area contributed by atoms with E-state index in [-0.39, 0.29) is 42.4 Å². The van der Waals surface area contributed by atoms with Gasteiger partial charge < -0.3 is 4.74 Å². The number of nitrogens with one attached hydrogen (secondary N) is 8. The first-order valence-electron chi connectivity index (χ1n) is 28.2. The maximum absolute atomic E-state index is 11.9. The maximum Gasteiger partial charge on any atom is 0.305 e. The minimum absolute atomic E-state index is 0. The second-order valence-electron chi connectivity index (χ2n) is 25.0. The molecule has 8 bridgehead atoms. The fraction of sp³-hybridized carbons (Fsp3) is 0.926. The first-order chi connectivity index (χ1) is 31.7. The van der Waals surface area contributed by atoms with Crippen LogP contribution in [0.25, 0.3) is 0 Å². The Hall–Kier alpha value is -0.817. The van der Waals surface area contributed by atoms with Crippen molar-refractivity contribution in [1.29, 1.82) is 0 Å². The van der Waals surface area contributed by atoms with Gasteiger partial charge in [-0.3, -0.25) is 52.1 Å². The number of ether oxygens (including phenoxy) is 1. The summed E-state index contributed by atoms with van der Waals surface area (Å²) < 4.78 is 5.86. The van der Waals surface area contributed by atoms with Gasteiger partial charge >= 0.3 is 5.97 Å². The zero-order valence-electron chi connectivity index (χ0n) is 41.2. The molecule has 0 aromatic rings. The van der Waals surface area contributed by atoms with Gasteiger partial charge in [-0.1, -0.05) is 77.7 Å². The number of rotatable bonds is 2. The monoisotopic (exact) mass is 961 g/mol. The molecule has 8 unspecified atom stereocenters. The molecule has 13 aliphatic rings. The van der Waals surface area contributed by atoms with Gasteiger partial charge in [0.15, 0.2) is 5.78 Å². The molecule has 8 aliphatic carbocycles. The Kier molecular flexibility index (Phi) is 13.9. The third kappa shape index (κ3) is 8.34. The second kappa shape index (κ2) is 19.3. The summed E-state index contributed by atoms with van der Waals surface area (Å²) in [7, 11) is 0. The number of carbonyl (C=O) groups is 2. The van der Waals surface area contributed by atoms with Crippen LogP contribution in [0.1, 0.15) is 181 Å². The number of fused-ring (bicyclic) bond motifs is 25. The van der Waals surface area contributed by atoms with Gasteiger partial charge in [-0.25, -0.2) is 0 Å². The van der Waals surface area contributed by atoms with Crippen LogP contribution in [0.5, 0.6) is 0 Å². The molecule has 11 nitrogen and oxygen atoms in total. The van der Waals surface area contributed by atoms with Gasteiger partial charge in [-0.05, 0) is 173 Å². The van der Waals surface area contributed by atoms with Crippen molar-refractivity contribution in [2.24, 2.45) is 75.9 Å². The normalized spacial score (nSPS) is 52.3. The Balaban J connectivity index is 0.000000160. The third-order valence-electron chi connectivity index (χ3n) is 22.2. The standard InChI is InChI=1S/C32H56N8.C22H32O3.Zn/c1-2-10-18-17(9-1)25-33-26(18)38-28-21-13-5-6-14-22(21)30(35-28)40-32-24-16-8-7-15-23(24)31(36-32)39-29-20-12-4-3-11-19(20)27(34-29)37-25;1-4-20(24)25-19-8-7-17-16-6-5-14-13-15(23)9-11-21(14,2)18(16)10-12-22(17,19)3;/h17-40H,1-16H2;13,16-19H,4-12H2,1-3H3;/t;16-,17-,18-,19-,21-,22-;/m.0./s1. The van der Waals surface area contributed by atoms with Crippen LogP contribution in [-0.2, 0) is 33.8 Å². The largest absolute Gasteiger partial charge is 0.462 e. The van der Waals surface area contributed by atoms with E-state index in [1.165, 1.54) is 128 Å². The van der Waals surface area contributed by atoms with E-state index in [1.807, 2.05) is 13.0 Å². The molecule has 8 N–H and O–H groups in total. The van der Waals surface area contributed by atoms with Crippen LogP contribution in [0.2, 0.25) is 0 Å². The molecule has 12 fully saturated rings. The van der Waals surface area contributed by atoms with Gasteiger partial charge in [0, 0.05) is 37.7 Å². The van der Waals surface area contributed by atoms with Crippen LogP contribution in [0.3, 0.4) is 0 Å². The molecule has 7 saturated carbocycles. The minimum Gasteiger partial charge on any atom is -0.462 e. The molecule has 0 radical (unpaired) electrons. The fourth-order valence-electron chi connectivity index (χ4n) is 18.9. The molecule has 12 heteroatoms. The molecule has 0 amide bonds. The molecule has 0 aromatic carbocycles. The predicted molar refractivity (Wildman–Crippen MR) is 254 cm³/mol. The molecule has 5 heterocycles. The SMILES string of the molecule is C1CCC2C3NC(NC4NC(NC5NC(NC6NC(N3)C3CCCCC63)C3CCCCC53)C3CCCCC43)C2C1.CCC(=O)O[C@H]1CC[C@H]2[C@@H]3CCC4=CC(=O)CC[C@]4(C)[C@H]3CC[C@]12C.[Zn]. The summed E-state index contributed by atoms with van der Waals surface area (Å²) in [6.07, 6.45) is 36.8. The van der Waals surface area contributed by atoms with Crippen molar-refractivity contribution in [3.05, 3.63) is 11.6 Å². The maximum atomic E-state index is 11.9. The fourth-order valence-corrected chi connectivity index (χ4v) is 18.9.